The lowest BCUT2D eigenvalue weighted by Crippen LogP contribution is -2.40. The summed E-state index contributed by atoms with van der Waals surface area (Å²) in [5.74, 6) is -1.32. The number of hydrogen-bond acceptors (Lipinski definition) is 5. The topological polar surface area (TPSA) is 108 Å². The van der Waals surface area contributed by atoms with Gasteiger partial charge in [-0.15, -0.1) is 12.4 Å². The minimum Gasteiger partial charge on any atom is -0.392 e. The van der Waals surface area contributed by atoms with Crippen LogP contribution in [0.25, 0.3) is 0 Å². The zero-order valence-corrected chi connectivity index (χ0v) is 15.8. The average molecular weight is 396 g/mol. The fourth-order valence-corrected chi connectivity index (χ4v) is 3.91. The normalized spacial score (nSPS) is 20.8. The van der Waals surface area contributed by atoms with Crippen LogP contribution in [-0.4, -0.2) is 43.7 Å². The second kappa shape index (κ2) is 7.96. The third kappa shape index (κ3) is 5.89. The van der Waals surface area contributed by atoms with Gasteiger partial charge in [-0.05, 0) is 45.4 Å². The highest BCUT2D eigenvalue weighted by Gasteiger charge is 2.29. The number of hydrogen-bond donors (Lipinski definition) is 4. The summed E-state index contributed by atoms with van der Waals surface area (Å²) in [5, 5.41) is 14.8. The molecule has 142 valence electrons. The van der Waals surface area contributed by atoms with Crippen molar-refractivity contribution in [2.24, 2.45) is 0 Å². The highest BCUT2D eigenvalue weighted by molar-refractivity contribution is 7.89. The highest BCUT2D eigenvalue weighted by atomic mass is 35.5. The number of carbonyl (C=O) groups excluding carboxylic acids is 1. The number of aliphatic hydroxyl groups excluding tert-OH is 1. The van der Waals surface area contributed by atoms with Crippen LogP contribution in [0.2, 0.25) is 0 Å². The maximum Gasteiger partial charge on any atom is 0.244 e. The van der Waals surface area contributed by atoms with E-state index in [4.69, 9.17) is 0 Å². The Morgan fingerprint density at radius 3 is 2.52 bits per heavy atom. The Hall–Kier alpha value is -1.26. The molecule has 1 aromatic carbocycles. The Morgan fingerprint density at radius 1 is 1.36 bits per heavy atom. The molecule has 0 radical (unpaired) electrons. The van der Waals surface area contributed by atoms with Gasteiger partial charge in [-0.25, -0.2) is 17.5 Å². The van der Waals surface area contributed by atoms with Crippen molar-refractivity contribution in [2.45, 2.75) is 49.8 Å². The predicted molar refractivity (Wildman–Crippen MR) is 94.8 cm³/mol. The van der Waals surface area contributed by atoms with E-state index in [9.17, 15) is 22.7 Å². The van der Waals surface area contributed by atoms with Crippen LogP contribution in [0, 0.1) is 5.82 Å². The summed E-state index contributed by atoms with van der Waals surface area (Å²) in [6.45, 7) is 5.25. The molecule has 2 unspecified atom stereocenters. The molecule has 1 fully saturated rings. The third-order valence-electron chi connectivity index (χ3n) is 3.35. The lowest BCUT2D eigenvalue weighted by molar-refractivity contribution is -0.117. The second-order valence-electron chi connectivity index (χ2n) is 6.84. The van der Waals surface area contributed by atoms with Gasteiger partial charge in [-0.2, -0.15) is 0 Å². The van der Waals surface area contributed by atoms with Crippen LogP contribution in [-0.2, 0) is 14.8 Å². The first kappa shape index (κ1) is 21.8. The van der Waals surface area contributed by atoms with Crippen molar-refractivity contribution in [2.75, 3.05) is 11.9 Å². The lowest BCUT2D eigenvalue weighted by Gasteiger charge is -2.21. The molecule has 4 N–H and O–H groups in total. The number of anilines is 1. The molecule has 2 atom stereocenters. The molecular weight excluding hydrogens is 373 g/mol. The second-order valence-corrected chi connectivity index (χ2v) is 8.49. The molecule has 1 saturated heterocycles. The maximum atomic E-state index is 14.0. The number of carbonyl (C=O) groups is 1. The monoisotopic (exact) mass is 395 g/mol. The average Bonchev–Trinajstić information content (AvgIpc) is 2.85. The Kier molecular flexibility index (Phi) is 6.94. The number of nitrogens with one attached hydrogen (secondary N) is 3. The van der Waals surface area contributed by atoms with Gasteiger partial charge in [-0.3, -0.25) is 4.79 Å². The first-order valence-corrected chi connectivity index (χ1v) is 9.02. The summed E-state index contributed by atoms with van der Waals surface area (Å²) in [4.78, 5) is 11.6. The van der Waals surface area contributed by atoms with Crippen molar-refractivity contribution in [1.82, 2.24) is 10.0 Å². The molecule has 0 saturated carbocycles. The molecule has 0 bridgehead atoms. The number of rotatable bonds is 4. The van der Waals surface area contributed by atoms with E-state index < -0.39 is 44.3 Å². The van der Waals surface area contributed by atoms with E-state index in [0.29, 0.717) is 6.54 Å². The molecule has 1 heterocycles. The molecule has 1 amide bonds. The number of aliphatic hydroxyl groups is 1. The highest BCUT2D eigenvalue weighted by Crippen LogP contribution is 2.21. The number of halogens is 2. The molecule has 25 heavy (non-hydrogen) atoms. The van der Waals surface area contributed by atoms with E-state index in [1.54, 1.807) is 20.8 Å². The molecule has 2 rings (SSSR count). The minimum absolute atomic E-state index is 0. The summed E-state index contributed by atoms with van der Waals surface area (Å²) in [6, 6.07) is 2.78. The smallest absolute Gasteiger partial charge is 0.244 e. The van der Waals surface area contributed by atoms with Crippen molar-refractivity contribution in [3.8, 4) is 0 Å². The number of sulfonamides is 1. The van der Waals surface area contributed by atoms with E-state index in [0.717, 1.165) is 12.1 Å². The van der Waals surface area contributed by atoms with E-state index in [1.165, 1.54) is 6.07 Å². The van der Waals surface area contributed by atoms with Gasteiger partial charge < -0.3 is 15.7 Å². The Balaban J connectivity index is 0.00000312. The summed E-state index contributed by atoms with van der Waals surface area (Å²) in [6.07, 6.45) is -0.329. The fourth-order valence-electron chi connectivity index (χ4n) is 2.39. The van der Waals surface area contributed by atoms with Crippen molar-refractivity contribution < 1.29 is 22.7 Å². The van der Waals surface area contributed by atoms with Crippen LogP contribution in [0.4, 0.5) is 10.1 Å². The van der Waals surface area contributed by atoms with Crippen LogP contribution in [0.15, 0.2) is 23.1 Å². The molecular formula is C15H23ClFN3O4S. The van der Waals surface area contributed by atoms with Gasteiger partial charge in [-0.1, -0.05) is 0 Å². The molecule has 0 aromatic heterocycles. The van der Waals surface area contributed by atoms with E-state index in [-0.39, 0.29) is 24.5 Å². The van der Waals surface area contributed by atoms with Gasteiger partial charge >= 0.3 is 0 Å². The molecule has 1 aliphatic rings. The van der Waals surface area contributed by atoms with Crippen molar-refractivity contribution in [3.63, 3.8) is 0 Å². The molecule has 1 aromatic rings. The van der Waals surface area contributed by atoms with Crippen LogP contribution in [0.5, 0.6) is 0 Å². The van der Waals surface area contributed by atoms with Crippen molar-refractivity contribution in [3.05, 3.63) is 24.0 Å². The number of benzene rings is 1. The molecule has 1 aliphatic heterocycles. The zero-order valence-electron chi connectivity index (χ0n) is 14.2. The Morgan fingerprint density at radius 2 is 2.00 bits per heavy atom. The third-order valence-corrected chi connectivity index (χ3v) is 5.13. The summed E-state index contributed by atoms with van der Waals surface area (Å²) >= 11 is 0. The standard InChI is InChI=1S/C15H22FN3O4S.ClH/c1-15(2,3)19-24(22,23)13-6-9(4-5-11(13)16)18-14(21)12-7-10(20)8-17-12;/h4-6,10,12,17,19-20H,7-8H2,1-3H3,(H,18,21);1H. The van der Waals surface area contributed by atoms with Gasteiger partial charge in [0.15, 0.2) is 0 Å². The summed E-state index contributed by atoms with van der Waals surface area (Å²) in [5.41, 5.74) is -0.604. The van der Waals surface area contributed by atoms with Gasteiger partial charge in [0.05, 0.1) is 12.1 Å². The van der Waals surface area contributed by atoms with E-state index in [2.05, 4.69) is 15.4 Å². The molecule has 0 aliphatic carbocycles. The van der Waals surface area contributed by atoms with Gasteiger partial charge in [0.1, 0.15) is 10.7 Å². The van der Waals surface area contributed by atoms with Crippen LogP contribution >= 0.6 is 12.4 Å². The van der Waals surface area contributed by atoms with Crippen LogP contribution in [0.3, 0.4) is 0 Å². The fraction of sp³-hybridized carbons (Fsp3) is 0.533. The van der Waals surface area contributed by atoms with Crippen molar-refractivity contribution >= 4 is 34.0 Å². The number of β-amino-alcohol motifs (C(OH)–C–C–N with tert-alkyl or cyclic N) is 1. The summed E-state index contributed by atoms with van der Waals surface area (Å²) < 4.78 is 40.9. The Bertz CT molecular complexity index is 737. The summed E-state index contributed by atoms with van der Waals surface area (Å²) in [7, 11) is -4.07. The first-order valence-electron chi connectivity index (χ1n) is 7.54. The molecule has 10 heteroatoms. The van der Waals surface area contributed by atoms with Crippen molar-refractivity contribution in [1.29, 1.82) is 0 Å². The molecule has 7 nitrogen and oxygen atoms in total. The maximum absolute atomic E-state index is 14.0. The van der Waals surface area contributed by atoms with Crippen LogP contribution in [0.1, 0.15) is 27.2 Å². The van der Waals surface area contributed by atoms with E-state index in [1.807, 2.05) is 0 Å². The van der Waals surface area contributed by atoms with Gasteiger partial charge in [0, 0.05) is 17.8 Å². The van der Waals surface area contributed by atoms with E-state index >= 15 is 0 Å². The SMILES string of the molecule is CC(C)(C)NS(=O)(=O)c1cc(NC(=O)C2CC(O)CN2)ccc1F.Cl. The lowest BCUT2D eigenvalue weighted by atomic mass is 10.1. The van der Waals surface area contributed by atoms with Gasteiger partial charge in [0.2, 0.25) is 15.9 Å². The largest absolute Gasteiger partial charge is 0.392 e. The predicted octanol–water partition coefficient (Wildman–Crippen LogP) is 0.986. The quantitative estimate of drug-likeness (QED) is 0.608. The Labute approximate surface area is 152 Å². The van der Waals surface area contributed by atoms with Crippen LogP contribution < -0.4 is 15.4 Å². The van der Waals surface area contributed by atoms with Gasteiger partial charge in [0.25, 0.3) is 0 Å². The minimum atomic E-state index is -4.07. The molecule has 0 spiro atoms. The zero-order chi connectivity index (χ0) is 18.1. The first-order chi connectivity index (χ1) is 11.0. The number of amides is 1.